The molecule has 0 radical (unpaired) electrons. The Labute approximate surface area is 116 Å². The number of halogens is 1. The molecule has 0 bridgehead atoms. The van der Waals surface area contributed by atoms with E-state index in [1.54, 1.807) is 0 Å². The third-order valence-corrected chi connectivity index (χ3v) is 3.85. The van der Waals surface area contributed by atoms with Gasteiger partial charge in [-0.25, -0.2) is 9.97 Å². The lowest BCUT2D eigenvalue weighted by Crippen LogP contribution is -2.27. The van der Waals surface area contributed by atoms with E-state index in [4.69, 9.17) is 4.74 Å². The minimum atomic E-state index is 0.330. The molecule has 18 heavy (non-hydrogen) atoms. The first-order valence-electron chi connectivity index (χ1n) is 6.71. The minimum Gasteiger partial charge on any atom is -0.376 e. The van der Waals surface area contributed by atoms with Crippen LogP contribution in [0.2, 0.25) is 0 Å². The van der Waals surface area contributed by atoms with Crippen molar-refractivity contribution in [1.82, 2.24) is 9.97 Å². The topological polar surface area (TPSA) is 47.0 Å². The van der Waals surface area contributed by atoms with Gasteiger partial charge in [-0.05, 0) is 48.0 Å². The quantitative estimate of drug-likeness (QED) is 0.868. The van der Waals surface area contributed by atoms with Crippen molar-refractivity contribution in [3.8, 4) is 0 Å². The van der Waals surface area contributed by atoms with Crippen LogP contribution >= 0.6 is 15.9 Å². The van der Waals surface area contributed by atoms with Gasteiger partial charge < -0.3 is 10.1 Å². The largest absolute Gasteiger partial charge is 0.376 e. The molecule has 1 aliphatic carbocycles. The average Bonchev–Trinajstić information content (AvgIpc) is 3.21. The highest BCUT2D eigenvalue weighted by atomic mass is 79.9. The lowest BCUT2D eigenvalue weighted by Gasteiger charge is -2.23. The average molecular weight is 312 g/mol. The Morgan fingerprint density at radius 2 is 2.17 bits per heavy atom. The molecule has 98 valence electrons. The van der Waals surface area contributed by atoms with Crippen LogP contribution in [0.4, 0.5) is 5.82 Å². The summed E-state index contributed by atoms with van der Waals surface area (Å²) in [5, 5.41) is 3.37. The maximum Gasteiger partial charge on any atom is 0.135 e. The van der Waals surface area contributed by atoms with Crippen molar-refractivity contribution in [3.05, 3.63) is 16.5 Å². The Hall–Kier alpha value is -0.680. The van der Waals surface area contributed by atoms with E-state index in [2.05, 4.69) is 31.2 Å². The Kier molecular flexibility index (Phi) is 3.80. The molecule has 0 spiro atoms. The van der Waals surface area contributed by atoms with Crippen molar-refractivity contribution in [3.63, 3.8) is 0 Å². The van der Waals surface area contributed by atoms with Crippen LogP contribution in [0.5, 0.6) is 0 Å². The first kappa shape index (κ1) is 12.4. The van der Waals surface area contributed by atoms with Gasteiger partial charge in [0.05, 0.1) is 6.10 Å². The fraction of sp³-hybridized carbons (Fsp3) is 0.692. The first-order valence-corrected chi connectivity index (χ1v) is 7.50. The molecule has 2 fully saturated rings. The zero-order valence-corrected chi connectivity index (χ0v) is 11.9. The van der Waals surface area contributed by atoms with Crippen molar-refractivity contribution in [2.75, 3.05) is 18.5 Å². The molecular formula is C13H18BrN3O. The van der Waals surface area contributed by atoms with Gasteiger partial charge in [0.2, 0.25) is 0 Å². The van der Waals surface area contributed by atoms with Gasteiger partial charge in [0.1, 0.15) is 16.2 Å². The molecule has 2 aliphatic rings. The lowest BCUT2D eigenvalue weighted by atomic mass is 10.1. The van der Waals surface area contributed by atoms with Crippen LogP contribution < -0.4 is 5.32 Å². The van der Waals surface area contributed by atoms with Crippen LogP contribution in [0.1, 0.15) is 43.8 Å². The van der Waals surface area contributed by atoms with Gasteiger partial charge in [-0.1, -0.05) is 0 Å². The van der Waals surface area contributed by atoms with Crippen LogP contribution in [0, 0.1) is 0 Å². The smallest absolute Gasteiger partial charge is 0.135 e. The summed E-state index contributed by atoms with van der Waals surface area (Å²) >= 11 is 3.45. The molecule has 0 amide bonds. The molecule has 0 aromatic carbocycles. The van der Waals surface area contributed by atoms with E-state index in [1.807, 2.05) is 6.07 Å². The highest BCUT2D eigenvalue weighted by molar-refractivity contribution is 9.10. The summed E-state index contributed by atoms with van der Waals surface area (Å²) in [6.45, 7) is 1.74. The van der Waals surface area contributed by atoms with Crippen molar-refractivity contribution < 1.29 is 4.74 Å². The van der Waals surface area contributed by atoms with E-state index in [9.17, 15) is 0 Å². The van der Waals surface area contributed by atoms with Gasteiger partial charge in [-0.15, -0.1) is 0 Å². The number of aromatic nitrogens is 2. The fourth-order valence-electron chi connectivity index (χ4n) is 2.24. The van der Waals surface area contributed by atoms with Gasteiger partial charge >= 0.3 is 0 Å². The van der Waals surface area contributed by atoms with Crippen molar-refractivity contribution >= 4 is 21.7 Å². The summed E-state index contributed by atoms with van der Waals surface area (Å²) in [6.07, 6.45) is 6.39. The Balaban J connectivity index is 1.60. The minimum absolute atomic E-state index is 0.330. The maximum atomic E-state index is 5.70. The lowest BCUT2D eigenvalue weighted by molar-refractivity contribution is 0.0247. The monoisotopic (exact) mass is 311 g/mol. The number of rotatable bonds is 4. The maximum absolute atomic E-state index is 5.70. The summed E-state index contributed by atoms with van der Waals surface area (Å²) in [5.41, 5.74) is 0. The number of anilines is 1. The van der Waals surface area contributed by atoms with E-state index in [0.717, 1.165) is 35.8 Å². The van der Waals surface area contributed by atoms with E-state index in [1.165, 1.54) is 25.7 Å². The summed E-state index contributed by atoms with van der Waals surface area (Å²) in [4.78, 5) is 9.00. The van der Waals surface area contributed by atoms with E-state index in [-0.39, 0.29) is 0 Å². The standard InChI is InChI=1S/C13H18BrN3O/c14-11-7-12(17-13(16-11)9-4-5-9)15-8-10-3-1-2-6-18-10/h7,9-10H,1-6,8H2,(H,15,16,17). The summed E-state index contributed by atoms with van der Waals surface area (Å²) in [7, 11) is 0. The van der Waals surface area contributed by atoms with E-state index in [0.29, 0.717) is 12.0 Å². The second kappa shape index (κ2) is 5.53. The third kappa shape index (κ3) is 3.20. The van der Waals surface area contributed by atoms with Gasteiger partial charge in [0, 0.05) is 25.1 Å². The molecule has 1 N–H and O–H groups in total. The molecule has 5 heteroatoms. The van der Waals surface area contributed by atoms with Crippen LogP contribution in [0.15, 0.2) is 10.7 Å². The number of hydrogen-bond donors (Lipinski definition) is 1. The van der Waals surface area contributed by atoms with Gasteiger partial charge in [0.15, 0.2) is 0 Å². The van der Waals surface area contributed by atoms with Gasteiger partial charge in [-0.2, -0.15) is 0 Å². The van der Waals surface area contributed by atoms with E-state index < -0.39 is 0 Å². The van der Waals surface area contributed by atoms with Crippen LogP contribution in [-0.2, 0) is 4.74 Å². The SMILES string of the molecule is Brc1cc(NCC2CCCCO2)nc(C2CC2)n1. The Morgan fingerprint density at radius 1 is 1.28 bits per heavy atom. The first-order chi connectivity index (χ1) is 8.81. The summed E-state index contributed by atoms with van der Waals surface area (Å²) in [6, 6.07) is 1.94. The molecule has 1 saturated heterocycles. The Bertz CT molecular complexity index is 417. The highest BCUT2D eigenvalue weighted by Crippen LogP contribution is 2.38. The van der Waals surface area contributed by atoms with Crippen molar-refractivity contribution in [2.24, 2.45) is 0 Å². The molecule has 1 atom stereocenters. The molecule has 1 aliphatic heterocycles. The van der Waals surface area contributed by atoms with Crippen LogP contribution in [0.3, 0.4) is 0 Å². The predicted octanol–water partition coefficient (Wildman–Crippen LogP) is 3.10. The zero-order chi connectivity index (χ0) is 12.4. The van der Waals surface area contributed by atoms with Gasteiger partial charge in [0.25, 0.3) is 0 Å². The molecule has 3 rings (SSSR count). The second-order valence-corrected chi connectivity index (χ2v) is 5.89. The number of ether oxygens (including phenoxy) is 1. The molecule has 1 unspecified atom stereocenters. The number of nitrogens with one attached hydrogen (secondary N) is 1. The second-order valence-electron chi connectivity index (χ2n) is 5.08. The molecule has 4 nitrogen and oxygen atoms in total. The van der Waals surface area contributed by atoms with Crippen molar-refractivity contribution in [1.29, 1.82) is 0 Å². The predicted molar refractivity (Wildman–Crippen MR) is 73.8 cm³/mol. The van der Waals surface area contributed by atoms with Crippen LogP contribution in [0.25, 0.3) is 0 Å². The number of nitrogens with zero attached hydrogens (tertiary/aromatic N) is 2. The molecule has 1 aromatic heterocycles. The molecular weight excluding hydrogens is 294 g/mol. The van der Waals surface area contributed by atoms with E-state index >= 15 is 0 Å². The molecule has 1 aromatic rings. The molecule has 2 heterocycles. The van der Waals surface area contributed by atoms with Crippen LogP contribution in [-0.4, -0.2) is 29.2 Å². The van der Waals surface area contributed by atoms with Gasteiger partial charge in [-0.3, -0.25) is 0 Å². The normalized spacial score (nSPS) is 23.9. The highest BCUT2D eigenvalue weighted by Gasteiger charge is 2.27. The summed E-state index contributed by atoms with van der Waals surface area (Å²) < 4.78 is 6.57. The fourth-order valence-corrected chi connectivity index (χ4v) is 2.64. The zero-order valence-electron chi connectivity index (χ0n) is 10.4. The number of hydrogen-bond acceptors (Lipinski definition) is 4. The molecule has 1 saturated carbocycles. The van der Waals surface area contributed by atoms with Crippen molar-refractivity contribution in [2.45, 2.75) is 44.1 Å². The third-order valence-electron chi connectivity index (χ3n) is 3.44. The Morgan fingerprint density at radius 3 is 2.89 bits per heavy atom. The summed E-state index contributed by atoms with van der Waals surface area (Å²) in [5.74, 6) is 2.46.